The molecule has 0 bridgehead atoms. The second-order valence-corrected chi connectivity index (χ2v) is 6.49. The normalized spacial score (nSPS) is 10.6. The van der Waals surface area contributed by atoms with Gasteiger partial charge in [-0.15, -0.1) is 0 Å². The van der Waals surface area contributed by atoms with Crippen LogP contribution in [0.5, 0.6) is 17.4 Å². The van der Waals surface area contributed by atoms with Crippen LogP contribution in [0.15, 0.2) is 71.3 Å². The summed E-state index contributed by atoms with van der Waals surface area (Å²) in [5.41, 5.74) is 6.24. The van der Waals surface area contributed by atoms with E-state index in [0.717, 1.165) is 0 Å². The van der Waals surface area contributed by atoms with Crippen molar-refractivity contribution in [2.24, 2.45) is 5.73 Å². The lowest BCUT2D eigenvalue weighted by Gasteiger charge is -2.07. The van der Waals surface area contributed by atoms with E-state index in [0.29, 0.717) is 35.0 Å². The maximum absolute atomic E-state index is 12.8. The number of nitrogens with zero attached hydrogens (tertiary/aromatic N) is 1. The first kappa shape index (κ1) is 20.0. The van der Waals surface area contributed by atoms with Gasteiger partial charge in [0.05, 0.1) is 12.2 Å². The predicted molar refractivity (Wildman–Crippen MR) is 115 cm³/mol. The molecule has 0 unspecified atom stereocenters. The van der Waals surface area contributed by atoms with Crippen molar-refractivity contribution in [1.29, 1.82) is 0 Å². The molecule has 2 aromatic heterocycles. The maximum Gasteiger partial charge on any atom is 0.286 e. The molecule has 0 atom stereocenters. The number of hydrogen-bond donors (Lipinski definition) is 2. The molecular formula is C23H19N3O5. The highest BCUT2D eigenvalue weighted by atomic mass is 16.5. The van der Waals surface area contributed by atoms with Gasteiger partial charge in [0.25, 0.3) is 11.8 Å². The summed E-state index contributed by atoms with van der Waals surface area (Å²) in [7, 11) is 0. The molecule has 4 aromatic rings. The van der Waals surface area contributed by atoms with Crippen molar-refractivity contribution in [3.63, 3.8) is 0 Å². The van der Waals surface area contributed by atoms with Crippen LogP contribution in [0.25, 0.3) is 11.0 Å². The fourth-order valence-electron chi connectivity index (χ4n) is 3.03. The van der Waals surface area contributed by atoms with Crippen molar-refractivity contribution < 1.29 is 23.5 Å². The number of carbonyl (C=O) groups is 2. The maximum atomic E-state index is 12.8. The molecule has 31 heavy (non-hydrogen) atoms. The van der Waals surface area contributed by atoms with Crippen molar-refractivity contribution in [2.75, 3.05) is 11.9 Å². The number of aromatic nitrogens is 1. The summed E-state index contributed by atoms with van der Waals surface area (Å²) in [6.07, 6.45) is 1.38. The van der Waals surface area contributed by atoms with E-state index in [4.69, 9.17) is 19.6 Å². The second-order valence-electron chi connectivity index (χ2n) is 6.49. The molecule has 0 radical (unpaired) electrons. The molecule has 2 heterocycles. The quantitative estimate of drug-likeness (QED) is 0.461. The third-order valence-electron chi connectivity index (χ3n) is 4.41. The Kier molecular flexibility index (Phi) is 5.53. The SMILES string of the molecule is CCOc1cccc2c(NC(=O)c3ccc(Oc4ccccc4)nc3)c(C(N)=O)oc12. The molecule has 4 rings (SSSR count). The van der Waals surface area contributed by atoms with Gasteiger partial charge in [-0.1, -0.05) is 24.3 Å². The van der Waals surface area contributed by atoms with Crippen LogP contribution in [0.1, 0.15) is 27.8 Å². The third kappa shape index (κ3) is 4.18. The van der Waals surface area contributed by atoms with Gasteiger partial charge < -0.3 is 24.9 Å². The first-order chi connectivity index (χ1) is 15.1. The minimum Gasteiger partial charge on any atom is -0.490 e. The standard InChI is InChI=1S/C23H19N3O5/c1-2-29-17-10-6-9-16-19(21(22(24)27)31-20(16)17)26-23(28)14-11-12-18(25-13-14)30-15-7-4-3-5-8-15/h3-13H,2H2,1H3,(H2,24,27)(H,26,28). The van der Waals surface area contributed by atoms with E-state index in [1.807, 2.05) is 25.1 Å². The zero-order valence-electron chi connectivity index (χ0n) is 16.6. The molecular weight excluding hydrogens is 398 g/mol. The van der Waals surface area contributed by atoms with Gasteiger partial charge in [-0.05, 0) is 37.3 Å². The second kappa shape index (κ2) is 8.58. The minimum absolute atomic E-state index is 0.160. The average Bonchev–Trinajstić information content (AvgIpc) is 3.15. The Morgan fingerprint density at radius 3 is 2.55 bits per heavy atom. The fraction of sp³-hybridized carbons (Fsp3) is 0.0870. The van der Waals surface area contributed by atoms with Gasteiger partial charge in [-0.25, -0.2) is 4.98 Å². The Morgan fingerprint density at radius 2 is 1.87 bits per heavy atom. The van der Waals surface area contributed by atoms with Crippen LogP contribution in [-0.2, 0) is 0 Å². The summed E-state index contributed by atoms with van der Waals surface area (Å²) in [5.74, 6) is -0.0204. The number of carbonyl (C=O) groups excluding carboxylic acids is 2. The zero-order valence-corrected chi connectivity index (χ0v) is 16.6. The highest BCUT2D eigenvalue weighted by Crippen LogP contribution is 2.36. The number of nitrogens with two attached hydrogens (primary N) is 1. The number of nitrogens with one attached hydrogen (secondary N) is 1. The van der Waals surface area contributed by atoms with Gasteiger partial charge in [0.1, 0.15) is 11.4 Å². The van der Waals surface area contributed by atoms with Crippen LogP contribution in [0.3, 0.4) is 0 Å². The molecule has 0 aliphatic rings. The van der Waals surface area contributed by atoms with E-state index in [2.05, 4.69) is 10.3 Å². The van der Waals surface area contributed by atoms with Gasteiger partial charge in [0.15, 0.2) is 11.3 Å². The molecule has 2 aromatic carbocycles. The topological polar surface area (TPSA) is 117 Å². The Hall–Kier alpha value is -4.33. The van der Waals surface area contributed by atoms with Gasteiger partial charge >= 0.3 is 0 Å². The van der Waals surface area contributed by atoms with E-state index in [9.17, 15) is 9.59 Å². The van der Waals surface area contributed by atoms with Crippen LogP contribution < -0.4 is 20.5 Å². The minimum atomic E-state index is -0.807. The van der Waals surface area contributed by atoms with Crippen molar-refractivity contribution in [3.05, 3.63) is 78.2 Å². The van der Waals surface area contributed by atoms with E-state index < -0.39 is 11.8 Å². The number of primary amides is 1. The first-order valence-electron chi connectivity index (χ1n) is 9.55. The molecule has 0 saturated carbocycles. The molecule has 0 fully saturated rings. The van der Waals surface area contributed by atoms with E-state index >= 15 is 0 Å². The Bertz CT molecular complexity index is 1230. The Balaban J connectivity index is 1.60. The Morgan fingerprint density at radius 1 is 1.06 bits per heavy atom. The molecule has 2 amide bonds. The van der Waals surface area contributed by atoms with E-state index in [1.165, 1.54) is 6.20 Å². The fourth-order valence-corrected chi connectivity index (χ4v) is 3.03. The van der Waals surface area contributed by atoms with Crippen molar-refractivity contribution in [1.82, 2.24) is 4.98 Å². The van der Waals surface area contributed by atoms with Gasteiger partial charge in [-0.3, -0.25) is 9.59 Å². The van der Waals surface area contributed by atoms with Crippen molar-refractivity contribution in [2.45, 2.75) is 6.92 Å². The lowest BCUT2D eigenvalue weighted by Crippen LogP contribution is -2.17. The number of furan rings is 1. The number of ether oxygens (including phenoxy) is 2. The van der Waals surface area contributed by atoms with Gasteiger partial charge in [0, 0.05) is 17.6 Å². The lowest BCUT2D eigenvalue weighted by atomic mass is 10.2. The smallest absolute Gasteiger partial charge is 0.286 e. The van der Waals surface area contributed by atoms with Crippen LogP contribution in [0.4, 0.5) is 5.69 Å². The van der Waals surface area contributed by atoms with Crippen LogP contribution in [0, 0.1) is 0 Å². The number of pyridine rings is 1. The summed E-state index contributed by atoms with van der Waals surface area (Å²) in [5, 5.41) is 3.20. The number of anilines is 1. The summed E-state index contributed by atoms with van der Waals surface area (Å²) in [6, 6.07) is 17.5. The number of amides is 2. The number of hydrogen-bond acceptors (Lipinski definition) is 6. The summed E-state index contributed by atoms with van der Waals surface area (Å²) in [4.78, 5) is 28.9. The number of benzene rings is 2. The van der Waals surface area contributed by atoms with E-state index in [-0.39, 0.29) is 17.0 Å². The molecule has 156 valence electrons. The largest absolute Gasteiger partial charge is 0.490 e. The highest BCUT2D eigenvalue weighted by molar-refractivity contribution is 6.14. The van der Waals surface area contributed by atoms with E-state index in [1.54, 1.807) is 42.5 Å². The average molecular weight is 417 g/mol. The van der Waals surface area contributed by atoms with Crippen molar-refractivity contribution >= 4 is 28.5 Å². The van der Waals surface area contributed by atoms with Crippen LogP contribution >= 0.6 is 0 Å². The van der Waals surface area contributed by atoms with Crippen molar-refractivity contribution in [3.8, 4) is 17.4 Å². The summed E-state index contributed by atoms with van der Waals surface area (Å²) in [6.45, 7) is 2.24. The highest BCUT2D eigenvalue weighted by Gasteiger charge is 2.23. The lowest BCUT2D eigenvalue weighted by molar-refractivity contribution is 0.0977. The monoisotopic (exact) mass is 417 g/mol. The molecule has 0 saturated heterocycles. The molecule has 8 nitrogen and oxygen atoms in total. The zero-order chi connectivity index (χ0) is 21.8. The molecule has 0 spiro atoms. The summed E-state index contributed by atoms with van der Waals surface area (Å²) < 4.78 is 16.8. The van der Waals surface area contributed by atoms with Gasteiger partial charge in [-0.2, -0.15) is 0 Å². The first-order valence-corrected chi connectivity index (χ1v) is 9.55. The number of para-hydroxylation sites is 2. The molecule has 3 N–H and O–H groups in total. The molecule has 0 aliphatic heterocycles. The number of rotatable bonds is 7. The van der Waals surface area contributed by atoms with Crippen LogP contribution in [-0.4, -0.2) is 23.4 Å². The van der Waals surface area contributed by atoms with Crippen LogP contribution in [0.2, 0.25) is 0 Å². The molecule has 8 heteroatoms. The summed E-state index contributed by atoms with van der Waals surface area (Å²) >= 11 is 0. The predicted octanol–water partition coefficient (Wildman–Crippen LogP) is 4.37. The number of fused-ring (bicyclic) bond motifs is 1. The molecule has 0 aliphatic carbocycles. The Labute approximate surface area is 177 Å². The third-order valence-corrected chi connectivity index (χ3v) is 4.41. The van der Waals surface area contributed by atoms with Gasteiger partial charge in [0.2, 0.25) is 11.6 Å².